The molecule has 0 saturated carbocycles. The fraction of sp³-hybridized carbons (Fsp3) is 0.500. The molecule has 0 spiro atoms. The Labute approximate surface area is 201 Å². The third kappa shape index (κ3) is 7.45. The summed E-state index contributed by atoms with van der Waals surface area (Å²) in [4.78, 5) is 29.4. The van der Waals surface area contributed by atoms with Crippen LogP contribution in [0.2, 0.25) is 0 Å². The number of para-hydroxylation sites is 1. The number of benzene rings is 1. The van der Waals surface area contributed by atoms with Gasteiger partial charge in [0.05, 0.1) is 13.0 Å². The third-order valence-electron chi connectivity index (χ3n) is 5.73. The molecule has 8 nitrogen and oxygen atoms in total. The van der Waals surface area contributed by atoms with E-state index < -0.39 is 29.9 Å². The number of esters is 1. The van der Waals surface area contributed by atoms with Gasteiger partial charge in [0.1, 0.15) is 18.0 Å². The molecule has 0 fully saturated rings. The van der Waals surface area contributed by atoms with E-state index in [1.165, 1.54) is 19.4 Å². The number of nitrogens with zero attached hydrogens (tertiary/aromatic N) is 1. The fourth-order valence-electron chi connectivity index (χ4n) is 3.73. The maximum atomic E-state index is 12.8. The summed E-state index contributed by atoms with van der Waals surface area (Å²) in [5.74, 6) is -1.15. The Morgan fingerprint density at radius 3 is 2.41 bits per heavy atom. The fourth-order valence-corrected chi connectivity index (χ4v) is 3.73. The van der Waals surface area contributed by atoms with Gasteiger partial charge in [-0.3, -0.25) is 9.59 Å². The number of pyridine rings is 1. The molecular formula is C26H35NO7. The lowest BCUT2D eigenvalue weighted by Gasteiger charge is -2.32. The van der Waals surface area contributed by atoms with Crippen LogP contribution in [0.3, 0.4) is 0 Å². The second kappa shape index (κ2) is 13.5. The highest BCUT2D eigenvalue weighted by Crippen LogP contribution is 2.29. The number of rotatable bonds is 14. The molecule has 1 N–H and O–H groups in total. The molecule has 2 aromatic rings. The number of ether oxygens (including phenoxy) is 4. The van der Waals surface area contributed by atoms with Crippen molar-refractivity contribution in [2.24, 2.45) is 11.8 Å². The Bertz CT molecular complexity index is 919. The normalized spacial score (nSPS) is 14.5. The summed E-state index contributed by atoms with van der Waals surface area (Å²) in [5, 5.41) is 10.2. The van der Waals surface area contributed by atoms with Crippen LogP contribution in [0, 0.1) is 11.8 Å². The zero-order valence-corrected chi connectivity index (χ0v) is 20.5. The zero-order valence-electron chi connectivity index (χ0n) is 20.5. The Balaban J connectivity index is 2.09. The molecule has 186 valence electrons. The summed E-state index contributed by atoms with van der Waals surface area (Å²) in [5.41, 5.74) is -0.136. The molecule has 1 heterocycles. The van der Waals surface area contributed by atoms with Gasteiger partial charge in [-0.05, 0) is 31.9 Å². The SMILES string of the molecule is CC[C@@H](CCOC)[C@@H](Oc1ccccc1)[C@H](C)OC(=O)[C@@H](C)CC(=O)c1nccc(OC)c1O. The second-order valence-electron chi connectivity index (χ2n) is 8.23. The van der Waals surface area contributed by atoms with Crippen LogP contribution in [0.25, 0.3) is 0 Å². The molecule has 0 bridgehead atoms. The van der Waals surface area contributed by atoms with E-state index in [4.69, 9.17) is 18.9 Å². The van der Waals surface area contributed by atoms with E-state index in [2.05, 4.69) is 11.9 Å². The Kier molecular flexibility index (Phi) is 10.8. The highest BCUT2D eigenvalue weighted by Gasteiger charge is 2.32. The number of methoxy groups -OCH3 is 2. The summed E-state index contributed by atoms with van der Waals surface area (Å²) >= 11 is 0. The first-order valence-electron chi connectivity index (χ1n) is 11.5. The summed E-state index contributed by atoms with van der Waals surface area (Å²) in [6, 6.07) is 10.8. The van der Waals surface area contributed by atoms with E-state index in [9.17, 15) is 14.7 Å². The minimum Gasteiger partial charge on any atom is -0.503 e. The summed E-state index contributed by atoms with van der Waals surface area (Å²) in [6.07, 6.45) is 1.82. The highest BCUT2D eigenvalue weighted by atomic mass is 16.6. The smallest absolute Gasteiger partial charge is 0.309 e. The molecule has 1 aromatic carbocycles. The predicted octanol–water partition coefficient (Wildman–Crippen LogP) is 4.45. The van der Waals surface area contributed by atoms with Crippen molar-refractivity contribution in [2.45, 2.75) is 52.2 Å². The predicted molar refractivity (Wildman–Crippen MR) is 127 cm³/mol. The number of Topliss-reactive ketones (excluding diaryl/α,β-unsaturated/α-hetero) is 1. The lowest BCUT2D eigenvalue weighted by molar-refractivity contribution is -0.159. The minimum absolute atomic E-state index is 0.0952. The third-order valence-corrected chi connectivity index (χ3v) is 5.73. The number of carbonyl (C=O) groups excluding carboxylic acids is 2. The average molecular weight is 474 g/mol. The van der Waals surface area contributed by atoms with Gasteiger partial charge in [0, 0.05) is 38.3 Å². The molecule has 0 radical (unpaired) electrons. The monoisotopic (exact) mass is 473 g/mol. The van der Waals surface area contributed by atoms with Gasteiger partial charge in [0.15, 0.2) is 23.0 Å². The van der Waals surface area contributed by atoms with Crippen LogP contribution < -0.4 is 9.47 Å². The van der Waals surface area contributed by atoms with Gasteiger partial charge in [0.2, 0.25) is 0 Å². The number of aromatic nitrogens is 1. The van der Waals surface area contributed by atoms with Gasteiger partial charge in [-0.25, -0.2) is 4.98 Å². The number of carbonyl (C=O) groups is 2. The van der Waals surface area contributed by atoms with Crippen LogP contribution in [0.5, 0.6) is 17.2 Å². The molecule has 0 aliphatic rings. The average Bonchev–Trinajstić information content (AvgIpc) is 2.84. The van der Waals surface area contributed by atoms with E-state index in [0.717, 1.165) is 12.8 Å². The van der Waals surface area contributed by atoms with Gasteiger partial charge in [-0.2, -0.15) is 0 Å². The van der Waals surface area contributed by atoms with E-state index >= 15 is 0 Å². The molecule has 2 rings (SSSR count). The first-order valence-corrected chi connectivity index (χ1v) is 11.5. The minimum atomic E-state index is -0.737. The van der Waals surface area contributed by atoms with Crippen molar-refractivity contribution in [3.8, 4) is 17.2 Å². The quantitative estimate of drug-likeness (QED) is 0.317. The number of aromatic hydroxyl groups is 1. The molecule has 0 saturated heterocycles. The Hall–Kier alpha value is -3.13. The summed E-state index contributed by atoms with van der Waals surface area (Å²) < 4.78 is 22.3. The van der Waals surface area contributed by atoms with E-state index in [1.807, 2.05) is 30.3 Å². The van der Waals surface area contributed by atoms with E-state index in [-0.39, 0.29) is 29.5 Å². The van der Waals surface area contributed by atoms with Crippen molar-refractivity contribution in [1.82, 2.24) is 4.98 Å². The van der Waals surface area contributed by atoms with Gasteiger partial charge in [-0.1, -0.05) is 32.0 Å². The van der Waals surface area contributed by atoms with E-state index in [0.29, 0.717) is 12.4 Å². The lowest BCUT2D eigenvalue weighted by Crippen LogP contribution is -2.41. The molecule has 0 unspecified atom stereocenters. The van der Waals surface area contributed by atoms with Crippen molar-refractivity contribution in [2.75, 3.05) is 20.8 Å². The second-order valence-corrected chi connectivity index (χ2v) is 8.23. The molecule has 1 aromatic heterocycles. The number of hydrogen-bond acceptors (Lipinski definition) is 8. The molecule has 0 aliphatic carbocycles. The van der Waals surface area contributed by atoms with Crippen LogP contribution in [-0.2, 0) is 14.3 Å². The molecule has 4 atom stereocenters. The van der Waals surface area contributed by atoms with Crippen molar-refractivity contribution in [3.63, 3.8) is 0 Å². The first-order chi connectivity index (χ1) is 16.3. The van der Waals surface area contributed by atoms with Gasteiger partial charge < -0.3 is 24.1 Å². The first kappa shape index (κ1) is 27.1. The maximum Gasteiger partial charge on any atom is 0.309 e. The lowest BCUT2D eigenvalue weighted by atomic mass is 9.92. The van der Waals surface area contributed by atoms with Crippen molar-refractivity contribution in [3.05, 3.63) is 48.3 Å². The topological polar surface area (TPSA) is 104 Å². The number of hydrogen-bond donors (Lipinski definition) is 1. The highest BCUT2D eigenvalue weighted by molar-refractivity contribution is 5.99. The van der Waals surface area contributed by atoms with Crippen LogP contribution in [0.15, 0.2) is 42.6 Å². The Morgan fingerprint density at radius 2 is 1.79 bits per heavy atom. The number of ketones is 1. The zero-order chi connectivity index (χ0) is 25.1. The molecule has 0 amide bonds. The van der Waals surface area contributed by atoms with Gasteiger partial charge in [-0.15, -0.1) is 0 Å². The standard InChI is InChI=1S/C26H35NO7/c1-6-19(13-15-31-4)25(34-20-10-8-7-9-11-20)18(3)33-26(30)17(2)16-21(28)23-24(29)22(32-5)12-14-27-23/h7-12,14,17-19,25,29H,6,13,15-16H2,1-5H3/t17-,18-,19-,25-/m0/s1. The molecule has 0 aliphatic heterocycles. The summed E-state index contributed by atoms with van der Waals surface area (Å²) in [7, 11) is 3.03. The van der Waals surface area contributed by atoms with E-state index in [1.54, 1.807) is 21.0 Å². The van der Waals surface area contributed by atoms with Gasteiger partial charge in [0.25, 0.3) is 0 Å². The molecular weight excluding hydrogens is 438 g/mol. The van der Waals surface area contributed by atoms with Crippen LogP contribution in [0.4, 0.5) is 0 Å². The largest absolute Gasteiger partial charge is 0.503 e. The van der Waals surface area contributed by atoms with Crippen molar-refractivity contribution >= 4 is 11.8 Å². The van der Waals surface area contributed by atoms with Crippen molar-refractivity contribution < 1.29 is 33.6 Å². The summed E-state index contributed by atoms with van der Waals surface area (Å²) in [6.45, 7) is 6.03. The molecule has 34 heavy (non-hydrogen) atoms. The van der Waals surface area contributed by atoms with Crippen LogP contribution >= 0.6 is 0 Å². The molecule has 8 heteroatoms. The van der Waals surface area contributed by atoms with Crippen LogP contribution in [0.1, 0.15) is 50.5 Å². The maximum absolute atomic E-state index is 12.8. The van der Waals surface area contributed by atoms with Crippen LogP contribution in [-0.4, -0.2) is 54.9 Å². The van der Waals surface area contributed by atoms with Crippen molar-refractivity contribution in [1.29, 1.82) is 0 Å². The Morgan fingerprint density at radius 1 is 1.09 bits per heavy atom. The van der Waals surface area contributed by atoms with Gasteiger partial charge >= 0.3 is 5.97 Å².